The molecule has 5 heteroatoms. The zero-order valence-corrected chi connectivity index (χ0v) is 12.7. The first-order valence-electron chi connectivity index (χ1n) is 7.90. The van der Waals surface area contributed by atoms with Crippen LogP contribution in [0.4, 0.5) is 5.69 Å². The summed E-state index contributed by atoms with van der Waals surface area (Å²) in [5.41, 5.74) is 1.88. The minimum atomic E-state index is 0.105. The first kappa shape index (κ1) is 14.8. The van der Waals surface area contributed by atoms with Gasteiger partial charge in [-0.15, -0.1) is 0 Å². The van der Waals surface area contributed by atoms with Crippen LogP contribution < -0.4 is 10.6 Å². The first-order chi connectivity index (χ1) is 10.8. The highest BCUT2D eigenvalue weighted by atomic mass is 16.1. The molecule has 0 atom stereocenters. The molecule has 0 unspecified atom stereocenters. The molecule has 2 aromatic rings. The van der Waals surface area contributed by atoms with E-state index in [2.05, 4.69) is 15.6 Å². The van der Waals surface area contributed by atoms with Crippen LogP contribution in [0.15, 0.2) is 43.0 Å². The molecule has 5 nitrogen and oxygen atoms in total. The van der Waals surface area contributed by atoms with Gasteiger partial charge in [-0.05, 0) is 62.5 Å². The third-order valence-corrected chi connectivity index (χ3v) is 4.19. The zero-order valence-electron chi connectivity index (χ0n) is 12.7. The molecule has 0 saturated carbocycles. The van der Waals surface area contributed by atoms with E-state index >= 15 is 0 Å². The Hall–Kier alpha value is -2.14. The molecule has 0 spiro atoms. The summed E-state index contributed by atoms with van der Waals surface area (Å²) in [6.07, 6.45) is 9.37. The quantitative estimate of drug-likeness (QED) is 0.892. The van der Waals surface area contributed by atoms with Crippen molar-refractivity contribution in [2.45, 2.75) is 25.7 Å². The van der Waals surface area contributed by atoms with Crippen molar-refractivity contribution in [3.05, 3.63) is 43.0 Å². The molecule has 1 fully saturated rings. The first-order valence-corrected chi connectivity index (χ1v) is 7.90. The Labute approximate surface area is 130 Å². The number of imidazole rings is 1. The molecule has 2 N–H and O–H groups in total. The Bertz CT molecular complexity index is 586. The summed E-state index contributed by atoms with van der Waals surface area (Å²) in [6.45, 7) is 2.17. The third kappa shape index (κ3) is 3.95. The summed E-state index contributed by atoms with van der Waals surface area (Å²) in [7, 11) is 0. The molecular weight excluding hydrogens is 276 g/mol. The van der Waals surface area contributed by atoms with Crippen LogP contribution >= 0.6 is 0 Å². The Morgan fingerprint density at radius 3 is 2.73 bits per heavy atom. The van der Waals surface area contributed by atoms with Crippen molar-refractivity contribution >= 4 is 11.6 Å². The van der Waals surface area contributed by atoms with Gasteiger partial charge >= 0.3 is 0 Å². The van der Waals surface area contributed by atoms with Crippen LogP contribution in [0.3, 0.4) is 0 Å². The maximum absolute atomic E-state index is 12.0. The summed E-state index contributed by atoms with van der Waals surface area (Å²) in [6, 6.07) is 7.81. The highest BCUT2D eigenvalue weighted by Crippen LogP contribution is 2.19. The molecule has 1 saturated heterocycles. The second kappa shape index (κ2) is 7.22. The number of carbonyl (C=O) groups excluding carboxylic acids is 1. The van der Waals surface area contributed by atoms with Crippen LogP contribution in [-0.4, -0.2) is 28.5 Å². The summed E-state index contributed by atoms with van der Waals surface area (Å²) >= 11 is 0. The van der Waals surface area contributed by atoms with Crippen molar-refractivity contribution in [1.29, 1.82) is 0 Å². The number of piperidine rings is 1. The molecule has 22 heavy (non-hydrogen) atoms. The summed E-state index contributed by atoms with van der Waals surface area (Å²) < 4.78 is 1.93. The fourth-order valence-corrected chi connectivity index (χ4v) is 2.86. The molecule has 1 aliphatic rings. The zero-order chi connectivity index (χ0) is 15.2. The number of nitrogens with zero attached hydrogens (tertiary/aromatic N) is 2. The number of aromatic nitrogens is 2. The van der Waals surface area contributed by atoms with E-state index in [-0.39, 0.29) is 5.91 Å². The molecular formula is C17H22N4O. The number of nitrogens with one attached hydrogen (secondary N) is 2. The highest BCUT2D eigenvalue weighted by Gasteiger charge is 2.14. The lowest BCUT2D eigenvalue weighted by atomic mass is 9.93. The summed E-state index contributed by atoms with van der Waals surface area (Å²) in [5.74, 6) is 0.796. The Morgan fingerprint density at radius 1 is 1.27 bits per heavy atom. The van der Waals surface area contributed by atoms with E-state index in [0.717, 1.165) is 30.9 Å². The lowest BCUT2D eigenvalue weighted by Crippen LogP contribution is -2.28. The van der Waals surface area contributed by atoms with Gasteiger partial charge in [0.05, 0.1) is 6.33 Å². The average Bonchev–Trinajstić information content (AvgIpc) is 3.09. The van der Waals surface area contributed by atoms with Crippen molar-refractivity contribution in [2.75, 3.05) is 18.4 Å². The van der Waals surface area contributed by atoms with E-state index in [1.165, 1.54) is 12.8 Å². The number of carbonyl (C=O) groups is 1. The number of anilines is 1. The number of benzene rings is 1. The van der Waals surface area contributed by atoms with E-state index in [9.17, 15) is 4.79 Å². The van der Waals surface area contributed by atoms with Gasteiger partial charge in [0, 0.05) is 30.2 Å². The SMILES string of the molecule is O=C(CCC1CCNCC1)Nc1ccc(-n2ccnc2)cc1. The van der Waals surface area contributed by atoms with Crippen LogP contribution in [-0.2, 0) is 4.79 Å². The van der Waals surface area contributed by atoms with Gasteiger partial charge in [0.15, 0.2) is 0 Å². The highest BCUT2D eigenvalue weighted by molar-refractivity contribution is 5.90. The van der Waals surface area contributed by atoms with E-state index in [4.69, 9.17) is 0 Å². The molecule has 116 valence electrons. The number of hydrogen-bond acceptors (Lipinski definition) is 3. The lowest BCUT2D eigenvalue weighted by Gasteiger charge is -2.22. The van der Waals surface area contributed by atoms with Gasteiger partial charge in [0.2, 0.25) is 5.91 Å². The predicted octanol–water partition coefficient (Wildman–Crippen LogP) is 2.59. The fourth-order valence-electron chi connectivity index (χ4n) is 2.86. The molecule has 1 amide bonds. The molecule has 2 heterocycles. The van der Waals surface area contributed by atoms with Gasteiger partial charge in [0.1, 0.15) is 0 Å². The predicted molar refractivity (Wildman–Crippen MR) is 87.0 cm³/mol. The van der Waals surface area contributed by atoms with Gasteiger partial charge in [0.25, 0.3) is 0 Å². The van der Waals surface area contributed by atoms with E-state index in [0.29, 0.717) is 12.3 Å². The second-order valence-corrected chi connectivity index (χ2v) is 5.80. The van der Waals surface area contributed by atoms with Crippen molar-refractivity contribution in [3.63, 3.8) is 0 Å². The normalized spacial score (nSPS) is 15.6. The fraction of sp³-hybridized carbons (Fsp3) is 0.412. The van der Waals surface area contributed by atoms with Gasteiger partial charge < -0.3 is 15.2 Å². The van der Waals surface area contributed by atoms with E-state index in [1.54, 1.807) is 12.5 Å². The lowest BCUT2D eigenvalue weighted by molar-refractivity contribution is -0.116. The number of hydrogen-bond donors (Lipinski definition) is 2. The van der Waals surface area contributed by atoms with Gasteiger partial charge in [-0.1, -0.05) is 0 Å². The van der Waals surface area contributed by atoms with E-state index < -0.39 is 0 Å². The molecule has 3 rings (SSSR count). The van der Waals surface area contributed by atoms with Gasteiger partial charge in [-0.25, -0.2) is 4.98 Å². The molecule has 1 aromatic heterocycles. The van der Waals surface area contributed by atoms with Crippen molar-refractivity contribution < 1.29 is 4.79 Å². The maximum Gasteiger partial charge on any atom is 0.224 e. The molecule has 0 aliphatic carbocycles. The Kier molecular flexibility index (Phi) is 4.85. The monoisotopic (exact) mass is 298 g/mol. The largest absolute Gasteiger partial charge is 0.326 e. The standard InChI is InChI=1S/C17H22N4O/c22-17(6-1-14-7-9-18-10-8-14)20-15-2-4-16(5-3-15)21-12-11-19-13-21/h2-5,11-14,18H,1,6-10H2,(H,20,22). The Morgan fingerprint density at radius 2 is 2.05 bits per heavy atom. The second-order valence-electron chi connectivity index (χ2n) is 5.80. The van der Waals surface area contributed by atoms with Crippen LogP contribution in [0.1, 0.15) is 25.7 Å². The van der Waals surface area contributed by atoms with Gasteiger partial charge in [-0.2, -0.15) is 0 Å². The smallest absolute Gasteiger partial charge is 0.224 e. The van der Waals surface area contributed by atoms with E-state index in [1.807, 2.05) is 35.0 Å². The van der Waals surface area contributed by atoms with Crippen molar-refractivity contribution in [2.24, 2.45) is 5.92 Å². The Balaban J connectivity index is 1.48. The molecule has 1 aromatic carbocycles. The topological polar surface area (TPSA) is 59.0 Å². The van der Waals surface area contributed by atoms with Gasteiger partial charge in [-0.3, -0.25) is 4.79 Å². The van der Waals surface area contributed by atoms with Crippen LogP contribution in [0.5, 0.6) is 0 Å². The summed E-state index contributed by atoms with van der Waals surface area (Å²) in [4.78, 5) is 16.1. The van der Waals surface area contributed by atoms with Crippen LogP contribution in [0, 0.1) is 5.92 Å². The maximum atomic E-state index is 12.0. The van der Waals surface area contributed by atoms with Crippen LogP contribution in [0.25, 0.3) is 5.69 Å². The molecule has 0 bridgehead atoms. The molecule has 0 radical (unpaired) electrons. The average molecular weight is 298 g/mol. The van der Waals surface area contributed by atoms with Crippen LogP contribution in [0.2, 0.25) is 0 Å². The number of rotatable bonds is 5. The third-order valence-electron chi connectivity index (χ3n) is 4.19. The minimum Gasteiger partial charge on any atom is -0.326 e. The summed E-state index contributed by atoms with van der Waals surface area (Å²) in [5, 5.41) is 6.33. The molecule has 1 aliphatic heterocycles. The minimum absolute atomic E-state index is 0.105. The van der Waals surface area contributed by atoms with Crippen molar-refractivity contribution in [1.82, 2.24) is 14.9 Å². The number of amides is 1. The van der Waals surface area contributed by atoms with Crippen molar-refractivity contribution in [3.8, 4) is 5.69 Å².